The topological polar surface area (TPSA) is 72.7 Å². The van der Waals surface area contributed by atoms with Gasteiger partial charge in [0.1, 0.15) is 0 Å². The van der Waals surface area contributed by atoms with Crippen LogP contribution in [0.25, 0.3) is 0 Å². The monoisotopic (exact) mass is 332 g/mol. The van der Waals surface area contributed by atoms with Crippen molar-refractivity contribution in [3.63, 3.8) is 0 Å². The van der Waals surface area contributed by atoms with Crippen molar-refractivity contribution in [2.24, 2.45) is 0 Å². The molecule has 0 aromatic heterocycles. The molecular formula is C14H15F3N2O4. The van der Waals surface area contributed by atoms with Crippen LogP contribution in [0.15, 0.2) is 12.1 Å². The second-order valence-corrected chi connectivity index (χ2v) is 5.66. The van der Waals surface area contributed by atoms with Crippen molar-refractivity contribution in [3.8, 4) is 5.75 Å². The number of nitro groups is 1. The molecule has 0 N–H and O–H groups in total. The van der Waals surface area contributed by atoms with Crippen molar-refractivity contribution in [2.75, 3.05) is 13.7 Å². The van der Waals surface area contributed by atoms with Gasteiger partial charge in [-0.2, -0.15) is 13.2 Å². The Hall–Kier alpha value is -2.32. The number of benzene rings is 1. The Morgan fingerprint density at radius 2 is 2.00 bits per heavy atom. The lowest BCUT2D eigenvalue weighted by Gasteiger charge is -2.43. The molecule has 1 aliphatic rings. The summed E-state index contributed by atoms with van der Waals surface area (Å²) in [6.45, 7) is 2.61. The van der Waals surface area contributed by atoms with Gasteiger partial charge in [0, 0.05) is 12.1 Å². The van der Waals surface area contributed by atoms with Crippen molar-refractivity contribution in [1.29, 1.82) is 0 Å². The fourth-order valence-corrected chi connectivity index (χ4v) is 2.96. The number of fused-ring (bicyclic) bond motifs is 1. The number of hydrogen-bond acceptors (Lipinski definition) is 4. The average molecular weight is 332 g/mol. The van der Waals surface area contributed by atoms with E-state index in [2.05, 4.69) is 0 Å². The maximum Gasteiger partial charge on any atom is 0.471 e. The highest BCUT2D eigenvalue weighted by Crippen LogP contribution is 2.44. The summed E-state index contributed by atoms with van der Waals surface area (Å²) >= 11 is 0. The van der Waals surface area contributed by atoms with Crippen LogP contribution in [0, 0.1) is 10.1 Å². The summed E-state index contributed by atoms with van der Waals surface area (Å²) in [6.07, 6.45) is -5.04. The molecule has 23 heavy (non-hydrogen) atoms. The molecule has 1 aromatic rings. The van der Waals surface area contributed by atoms with Crippen LogP contribution in [0.2, 0.25) is 0 Å². The van der Waals surface area contributed by atoms with Crippen molar-refractivity contribution in [1.82, 2.24) is 4.90 Å². The molecule has 1 heterocycles. The number of nitro benzene ring substituents is 1. The maximum atomic E-state index is 12.8. The maximum absolute atomic E-state index is 12.8. The van der Waals surface area contributed by atoms with Crippen molar-refractivity contribution in [2.45, 2.75) is 32.0 Å². The number of methoxy groups -OCH3 is 1. The lowest BCUT2D eigenvalue weighted by Crippen LogP contribution is -2.54. The lowest BCUT2D eigenvalue weighted by molar-refractivity contribution is -0.386. The van der Waals surface area contributed by atoms with Crippen molar-refractivity contribution < 1.29 is 27.6 Å². The fraction of sp³-hybridized carbons (Fsp3) is 0.500. The molecule has 0 aliphatic carbocycles. The molecular weight excluding hydrogens is 317 g/mol. The number of hydrogen-bond donors (Lipinski definition) is 0. The predicted octanol–water partition coefficient (Wildman–Crippen LogP) is 2.79. The highest BCUT2D eigenvalue weighted by molar-refractivity contribution is 5.83. The van der Waals surface area contributed by atoms with Crippen LogP contribution in [0.5, 0.6) is 5.75 Å². The SMILES string of the molecule is COc1ccc2c(c1[N+](=O)[O-])CCN(C(=O)C(F)(F)F)C2(C)C. The first-order chi connectivity index (χ1) is 10.5. The van der Waals surface area contributed by atoms with Crippen molar-refractivity contribution >= 4 is 11.6 Å². The normalized spacial score (nSPS) is 16.7. The zero-order valence-electron chi connectivity index (χ0n) is 12.7. The largest absolute Gasteiger partial charge is 0.490 e. The molecule has 0 spiro atoms. The molecule has 0 fully saturated rings. The van der Waals surface area contributed by atoms with E-state index in [9.17, 15) is 28.1 Å². The van der Waals surface area contributed by atoms with Gasteiger partial charge in [-0.25, -0.2) is 0 Å². The lowest BCUT2D eigenvalue weighted by atomic mass is 9.82. The van der Waals surface area contributed by atoms with Gasteiger partial charge in [0.15, 0.2) is 5.75 Å². The Kier molecular flexibility index (Phi) is 4.00. The van der Waals surface area contributed by atoms with Crippen molar-refractivity contribution in [3.05, 3.63) is 33.4 Å². The Balaban J connectivity index is 2.60. The van der Waals surface area contributed by atoms with E-state index in [-0.39, 0.29) is 24.4 Å². The van der Waals surface area contributed by atoms with Crippen LogP contribution in [-0.4, -0.2) is 35.6 Å². The van der Waals surface area contributed by atoms with Gasteiger partial charge in [-0.1, -0.05) is 6.07 Å². The number of carbonyl (C=O) groups excluding carboxylic acids is 1. The molecule has 6 nitrogen and oxygen atoms in total. The summed E-state index contributed by atoms with van der Waals surface area (Å²) in [5.74, 6) is -1.91. The summed E-state index contributed by atoms with van der Waals surface area (Å²) in [6, 6.07) is 2.80. The molecule has 0 saturated carbocycles. The van der Waals surface area contributed by atoms with Gasteiger partial charge in [0.2, 0.25) is 0 Å². The summed E-state index contributed by atoms with van der Waals surface area (Å²) in [5, 5.41) is 11.3. The number of carbonyl (C=O) groups is 1. The summed E-state index contributed by atoms with van der Waals surface area (Å²) in [4.78, 5) is 23.0. The van der Waals surface area contributed by atoms with Gasteiger partial charge < -0.3 is 9.64 Å². The smallest absolute Gasteiger partial charge is 0.471 e. The molecule has 2 rings (SSSR count). The van der Waals surface area contributed by atoms with Crippen LogP contribution < -0.4 is 4.74 Å². The molecule has 0 radical (unpaired) electrons. The standard InChI is InChI=1S/C14H15F3N2O4/c1-13(2)9-4-5-10(23-3)11(19(21)22)8(9)6-7-18(13)12(20)14(15,16)17/h4-5H,6-7H2,1-3H3. The van der Waals surface area contributed by atoms with E-state index in [0.717, 1.165) is 0 Å². The van der Waals surface area contributed by atoms with E-state index in [4.69, 9.17) is 4.74 Å². The molecule has 1 amide bonds. The molecule has 1 aliphatic heterocycles. The van der Waals surface area contributed by atoms with E-state index in [1.54, 1.807) is 0 Å². The minimum Gasteiger partial charge on any atom is -0.490 e. The molecule has 126 valence electrons. The molecule has 1 aromatic carbocycles. The van der Waals surface area contributed by atoms with Gasteiger partial charge in [0.05, 0.1) is 17.6 Å². The van der Waals surface area contributed by atoms with E-state index in [1.807, 2.05) is 0 Å². The van der Waals surface area contributed by atoms with E-state index in [1.165, 1.54) is 33.1 Å². The van der Waals surface area contributed by atoms with Gasteiger partial charge in [0.25, 0.3) is 0 Å². The number of ether oxygens (including phenoxy) is 1. The Morgan fingerprint density at radius 3 is 2.48 bits per heavy atom. The van der Waals surface area contributed by atoms with Crippen LogP contribution in [0.1, 0.15) is 25.0 Å². The van der Waals surface area contributed by atoms with Crippen LogP contribution in [0.3, 0.4) is 0 Å². The highest BCUT2D eigenvalue weighted by Gasteiger charge is 2.50. The molecule has 0 unspecified atom stereocenters. The number of amides is 1. The fourth-order valence-electron chi connectivity index (χ4n) is 2.96. The molecule has 0 bridgehead atoms. The summed E-state index contributed by atoms with van der Waals surface area (Å²) in [7, 11) is 1.28. The zero-order valence-corrected chi connectivity index (χ0v) is 12.7. The minimum absolute atomic E-state index is 0.0418. The van der Waals surface area contributed by atoms with Crippen LogP contribution in [0.4, 0.5) is 18.9 Å². The van der Waals surface area contributed by atoms with E-state index in [0.29, 0.717) is 16.0 Å². The third-order valence-corrected chi connectivity index (χ3v) is 4.06. The first kappa shape index (κ1) is 17.0. The van der Waals surface area contributed by atoms with Crippen LogP contribution >= 0.6 is 0 Å². The Morgan fingerprint density at radius 1 is 1.39 bits per heavy atom. The Bertz CT molecular complexity index is 671. The highest BCUT2D eigenvalue weighted by atomic mass is 19.4. The predicted molar refractivity (Wildman–Crippen MR) is 74.1 cm³/mol. The summed E-state index contributed by atoms with van der Waals surface area (Å²) in [5.41, 5.74) is -0.978. The molecule has 9 heteroatoms. The second kappa shape index (κ2) is 5.39. The Labute approximate surface area is 130 Å². The molecule has 0 atom stereocenters. The van der Waals surface area contributed by atoms with Gasteiger partial charge >= 0.3 is 17.8 Å². The summed E-state index contributed by atoms with van der Waals surface area (Å²) < 4.78 is 43.2. The molecule has 0 saturated heterocycles. The zero-order chi connectivity index (χ0) is 17.6. The van der Waals surface area contributed by atoms with Crippen LogP contribution in [-0.2, 0) is 16.8 Å². The number of nitrogens with zero attached hydrogens (tertiary/aromatic N) is 2. The number of rotatable bonds is 2. The third-order valence-electron chi connectivity index (χ3n) is 4.06. The van der Waals surface area contributed by atoms with Gasteiger partial charge in [-0.05, 0) is 31.9 Å². The van der Waals surface area contributed by atoms with Gasteiger partial charge in [-0.15, -0.1) is 0 Å². The number of halogens is 3. The first-order valence-corrected chi connectivity index (χ1v) is 6.75. The first-order valence-electron chi connectivity index (χ1n) is 6.75. The quantitative estimate of drug-likeness (QED) is 0.617. The van der Waals surface area contributed by atoms with E-state index < -0.39 is 22.5 Å². The third kappa shape index (κ3) is 2.71. The van der Waals surface area contributed by atoms with Gasteiger partial charge in [-0.3, -0.25) is 14.9 Å². The second-order valence-electron chi connectivity index (χ2n) is 5.66. The minimum atomic E-state index is -4.99. The number of alkyl halides is 3. The average Bonchev–Trinajstić information content (AvgIpc) is 2.44. The van der Waals surface area contributed by atoms with E-state index >= 15 is 0 Å².